The van der Waals surface area contributed by atoms with Crippen molar-refractivity contribution in [3.63, 3.8) is 0 Å². The molecular formula is C27H35K2N7O5S4. The van der Waals surface area contributed by atoms with Crippen LogP contribution in [-0.4, -0.2) is 106 Å². The molecule has 1 aliphatic heterocycles. The Morgan fingerprint density at radius 3 is 2.13 bits per heavy atom. The van der Waals surface area contributed by atoms with Gasteiger partial charge in [0.15, 0.2) is 5.01 Å². The number of nitriles is 1. The standard InChI is InChI=1S/C13H15N3OS2.C8H4N2OS.C5H14N2S.CH2O3.2K.H/c1-16(2)6-8-7-18-12(14-8)13-15-10-4-3-9(17)5-11(10)19-13;9-4-8-10-6-2-1-5(11)3-7(6)12-8;1-7(2)3-5(6)4-8;2-1-4-3;;;/h3-5,8,17H,6-7H2,1-2H3;1-3,11H;5,8H,3-4,6H2,1-2H3;1,3H;;;/q;;;;2*+1;-1/p-1. The molecule has 2 unspecified atom stereocenters. The van der Waals surface area contributed by atoms with Crippen LogP contribution >= 0.6 is 47.1 Å². The third-order valence-electron chi connectivity index (χ3n) is 5.18. The molecule has 0 spiro atoms. The molecule has 4 N–H and O–H groups in total. The van der Waals surface area contributed by atoms with E-state index in [0.717, 1.165) is 55.1 Å². The SMILES string of the molecule is CN(C)CC(N)CS.CN(C)CC1CSC(c2nc3ccc(O)cc3s2)=N1.N#Cc1nc2ccc(O)cc2s1.O=CO[O-].[H-].[K+].[K+]. The summed E-state index contributed by atoms with van der Waals surface area (Å²) in [5, 5.41) is 38.0. The molecule has 2 aromatic carbocycles. The number of hydrogen-bond acceptors (Lipinski definition) is 16. The van der Waals surface area contributed by atoms with Crippen molar-refractivity contribution in [2.24, 2.45) is 10.7 Å². The van der Waals surface area contributed by atoms with E-state index in [4.69, 9.17) is 31.1 Å². The van der Waals surface area contributed by atoms with Crippen LogP contribution in [0.15, 0.2) is 41.4 Å². The Labute approximate surface area is 367 Å². The van der Waals surface area contributed by atoms with Crippen LogP contribution in [0.2, 0.25) is 0 Å². The van der Waals surface area contributed by atoms with Gasteiger partial charge in [-0.2, -0.15) is 17.9 Å². The van der Waals surface area contributed by atoms with Gasteiger partial charge < -0.3 is 37.3 Å². The number of nitrogens with two attached hydrogens (primary N) is 1. The minimum atomic E-state index is -0.181. The Morgan fingerprint density at radius 2 is 1.67 bits per heavy atom. The number of carbonyl (C=O) groups excluding carboxylic acids is 1. The van der Waals surface area contributed by atoms with Crippen LogP contribution in [0.4, 0.5) is 0 Å². The van der Waals surface area contributed by atoms with E-state index in [0.29, 0.717) is 11.0 Å². The number of aliphatic imine (C=N–C) groups is 1. The summed E-state index contributed by atoms with van der Waals surface area (Å²) in [7, 11) is 8.14. The van der Waals surface area contributed by atoms with Crippen LogP contribution in [0.1, 0.15) is 11.4 Å². The molecule has 0 radical (unpaired) electrons. The van der Waals surface area contributed by atoms with Gasteiger partial charge >= 0.3 is 103 Å². The number of thioether (sulfide) groups is 1. The molecule has 0 fully saturated rings. The van der Waals surface area contributed by atoms with E-state index in [-0.39, 0.29) is 128 Å². The minimum Gasteiger partial charge on any atom is -1.00 e. The fourth-order valence-corrected chi connectivity index (χ4v) is 6.57. The van der Waals surface area contributed by atoms with Crippen LogP contribution in [0.3, 0.4) is 0 Å². The minimum absolute atomic E-state index is 0. The zero-order chi connectivity index (χ0) is 31.9. The molecule has 0 saturated carbocycles. The fraction of sp³-hybridized carbons (Fsp3) is 0.370. The molecule has 0 saturated heterocycles. The Bertz CT molecular complexity index is 1540. The topological polar surface area (TPSA) is 184 Å². The molecule has 18 heteroatoms. The molecule has 2 aromatic heterocycles. The predicted octanol–water partition coefficient (Wildman–Crippen LogP) is -3.34. The first-order valence-corrected chi connectivity index (χ1v) is 15.9. The van der Waals surface area contributed by atoms with E-state index in [1.54, 1.807) is 53.4 Å². The number of phenolic OH excluding ortho intramolecular Hbond substituents is 2. The Hall–Kier alpha value is 0.263. The summed E-state index contributed by atoms with van der Waals surface area (Å²) in [4.78, 5) is 28.8. The number of fused-ring (bicyclic) bond motifs is 2. The maximum Gasteiger partial charge on any atom is 1.00 e. The summed E-state index contributed by atoms with van der Waals surface area (Å²) in [6.45, 7) is 1.71. The van der Waals surface area contributed by atoms with Crippen molar-refractivity contribution in [3.05, 3.63) is 46.4 Å². The van der Waals surface area contributed by atoms with Crippen molar-refractivity contribution >= 4 is 79.0 Å². The predicted molar refractivity (Wildman–Crippen MR) is 177 cm³/mol. The normalized spacial score (nSPS) is 13.9. The van der Waals surface area contributed by atoms with Gasteiger partial charge in [-0.1, -0.05) is 0 Å². The number of thiazole rings is 2. The second-order valence-corrected chi connectivity index (χ2v) is 12.9. The van der Waals surface area contributed by atoms with E-state index in [1.807, 2.05) is 26.2 Å². The fourth-order valence-electron chi connectivity index (χ4n) is 3.54. The van der Waals surface area contributed by atoms with Gasteiger partial charge in [0, 0.05) is 30.6 Å². The van der Waals surface area contributed by atoms with E-state index in [2.05, 4.69) is 51.4 Å². The first kappa shape index (κ1) is 45.3. The second kappa shape index (κ2) is 24.4. The van der Waals surface area contributed by atoms with Gasteiger partial charge in [0.2, 0.25) is 0 Å². The molecule has 5 rings (SSSR count). The van der Waals surface area contributed by atoms with Gasteiger partial charge in [-0.3, -0.25) is 9.79 Å². The van der Waals surface area contributed by atoms with Crippen LogP contribution in [0.25, 0.3) is 20.4 Å². The van der Waals surface area contributed by atoms with E-state index in [1.165, 1.54) is 11.3 Å². The molecule has 45 heavy (non-hydrogen) atoms. The van der Waals surface area contributed by atoms with Crippen molar-refractivity contribution in [1.29, 1.82) is 5.26 Å². The third kappa shape index (κ3) is 17.0. The van der Waals surface area contributed by atoms with Crippen LogP contribution in [0, 0.1) is 11.3 Å². The largest absolute Gasteiger partial charge is 1.00 e. The third-order valence-corrected chi connectivity index (χ3v) is 8.85. The molecule has 4 aromatic rings. The second-order valence-electron chi connectivity index (χ2n) is 9.51. The molecular weight excluding hydrogens is 709 g/mol. The smallest absolute Gasteiger partial charge is 1.00 e. The number of thiol groups is 1. The number of rotatable bonds is 7. The van der Waals surface area contributed by atoms with Crippen LogP contribution in [0.5, 0.6) is 11.5 Å². The summed E-state index contributed by atoms with van der Waals surface area (Å²) in [6, 6.07) is 12.7. The number of carbonyl (C=O) groups is 1. The van der Waals surface area contributed by atoms with Crippen molar-refractivity contribution in [2.45, 2.75) is 12.1 Å². The van der Waals surface area contributed by atoms with Gasteiger partial charge in [-0.05, 0) is 64.6 Å². The van der Waals surface area contributed by atoms with Crippen molar-refractivity contribution in [3.8, 4) is 17.6 Å². The van der Waals surface area contributed by atoms with Gasteiger partial charge in [0.1, 0.15) is 27.6 Å². The molecule has 1 aliphatic rings. The zero-order valence-electron chi connectivity index (χ0n) is 27.1. The van der Waals surface area contributed by atoms with Gasteiger partial charge in [-0.25, -0.2) is 9.97 Å². The first-order valence-electron chi connectivity index (χ1n) is 12.7. The maximum atomic E-state index is 9.48. The number of benzene rings is 2. The summed E-state index contributed by atoms with van der Waals surface area (Å²) in [5.74, 6) is 2.28. The first-order chi connectivity index (χ1) is 20.5. The Balaban J connectivity index is 0. The summed E-state index contributed by atoms with van der Waals surface area (Å²) in [6.07, 6.45) is 0. The van der Waals surface area contributed by atoms with E-state index < -0.39 is 0 Å². The molecule has 12 nitrogen and oxygen atoms in total. The monoisotopic (exact) mass is 743 g/mol. The maximum absolute atomic E-state index is 9.48. The average molecular weight is 744 g/mol. The molecule has 3 heterocycles. The Morgan fingerprint density at radius 1 is 1.11 bits per heavy atom. The number of hydrogen-bond donors (Lipinski definition) is 4. The molecule has 2 atom stereocenters. The Kier molecular flexibility index (Phi) is 24.5. The zero-order valence-corrected chi connectivity index (χ0v) is 35.7. The van der Waals surface area contributed by atoms with E-state index in [9.17, 15) is 5.11 Å². The van der Waals surface area contributed by atoms with Crippen molar-refractivity contribution < 1.29 is 129 Å². The number of phenols is 2. The van der Waals surface area contributed by atoms with Crippen molar-refractivity contribution in [1.82, 2.24) is 19.8 Å². The number of aromatic hydroxyl groups is 2. The van der Waals surface area contributed by atoms with E-state index >= 15 is 0 Å². The summed E-state index contributed by atoms with van der Waals surface area (Å²) >= 11 is 8.68. The molecule has 0 bridgehead atoms. The quantitative estimate of drug-likeness (QED) is 0.0486. The molecule has 234 valence electrons. The molecule has 0 aliphatic carbocycles. The number of aromatic nitrogens is 2. The number of likely N-dealkylation sites (N-methyl/N-ethyl adjacent to an activating group) is 2. The summed E-state index contributed by atoms with van der Waals surface area (Å²) < 4.78 is 1.85. The summed E-state index contributed by atoms with van der Waals surface area (Å²) in [5.41, 5.74) is 7.24. The number of nitrogens with zero attached hydrogens (tertiary/aromatic N) is 6. The van der Waals surface area contributed by atoms with Crippen molar-refractivity contribution in [2.75, 3.05) is 52.8 Å². The van der Waals surface area contributed by atoms with Gasteiger partial charge in [0.25, 0.3) is 6.47 Å². The van der Waals surface area contributed by atoms with Gasteiger partial charge in [-0.15, -0.1) is 34.4 Å². The van der Waals surface area contributed by atoms with Crippen LogP contribution in [-0.2, 0) is 9.68 Å². The van der Waals surface area contributed by atoms with Gasteiger partial charge in [0.05, 0.1) is 26.5 Å². The average Bonchev–Trinajstić information content (AvgIpc) is 3.70. The van der Waals surface area contributed by atoms with Crippen LogP contribution < -0.4 is 114 Å². The molecule has 0 amide bonds.